The average Bonchev–Trinajstić information content (AvgIpc) is 2.74. The fraction of sp³-hybridized carbons (Fsp3) is 0.182. The summed E-state index contributed by atoms with van der Waals surface area (Å²) in [5.74, 6) is 1.60. The zero-order valence-corrected chi connectivity index (χ0v) is 17.8. The van der Waals surface area contributed by atoms with Crippen LogP contribution in [0.2, 0.25) is 0 Å². The van der Waals surface area contributed by atoms with Crippen molar-refractivity contribution in [3.05, 3.63) is 78.0 Å². The second kappa shape index (κ2) is 10.1. The van der Waals surface area contributed by atoms with Crippen LogP contribution in [0.3, 0.4) is 0 Å². The third kappa shape index (κ3) is 6.80. The van der Waals surface area contributed by atoms with Gasteiger partial charge in [-0.05, 0) is 60.5 Å². The van der Waals surface area contributed by atoms with Crippen molar-refractivity contribution in [3.63, 3.8) is 0 Å². The lowest BCUT2D eigenvalue weighted by atomic mass is 10.1. The molecule has 0 radical (unpaired) electrons. The van der Waals surface area contributed by atoms with Crippen molar-refractivity contribution in [1.82, 2.24) is 10.3 Å². The summed E-state index contributed by atoms with van der Waals surface area (Å²) in [5, 5.41) is 7.89. The number of carbonyl (C=O) groups is 1. The molecule has 31 heavy (non-hydrogen) atoms. The first-order chi connectivity index (χ1) is 14.8. The van der Waals surface area contributed by atoms with Gasteiger partial charge in [-0.2, -0.15) is 0 Å². The number of primary sulfonamides is 1. The van der Waals surface area contributed by atoms with Crippen LogP contribution < -0.4 is 19.9 Å². The molecule has 0 saturated heterocycles. The Kier molecular flexibility index (Phi) is 7.22. The Balaban J connectivity index is 1.54. The zero-order chi connectivity index (χ0) is 22.3. The van der Waals surface area contributed by atoms with Crippen LogP contribution in [0.25, 0.3) is 0 Å². The third-order valence-corrected chi connectivity index (χ3v) is 5.19. The van der Waals surface area contributed by atoms with E-state index in [4.69, 9.17) is 14.6 Å². The molecular weight excluding hydrogens is 418 g/mol. The summed E-state index contributed by atoms with van der Waals surface area (Å²) in [6, 6.07) is 16.6. The molecule has 3 aromatic rings. The molecule has 162 valence electrons. The predicted octanol–water partition coefficient (Wildman–Crippen LogP) is 2.78. The quantitative estimate of drug-likeness (QED) is 0.527. The molecule has 8 nitrogen and oxygen atoms in total. The van der Waals surface area contributed by atoms with Crippen LogP contribution >= 0.6 is 0 Å². The number of ether oxygens (including phenoxy) is 2. The Bertz CT molecular complexity index is 1130. The molecule has 1 amide bonds. The maximum Gasteiger partial charge on any atom is 0.238 e. The van der Waals surface area contributed by atoms with Gasteiger partial charge in [0.05, 0.1) is 17.9 Å². The van der Waals surface area contributed by atoms with Crippen molar-refractivity contribution < 1.29 is 22.7 Å². The van der Waals surface area contributed by atoms with Crippen molar-refractivity contribution in [2.45, 2.75) is 24.8 Å². The van der Waals surface area contributed by atoms with E-state index in [1.807, 2.05) is 19.1 Å². The Morgan fingerprint density at radius 1 is 1.00 bits per heavy atom. The zero-order valence-electron chi connectivity index (χ0n) is 16.9. The van der Waals surface area contributed by atoms with Gasteiger partial charge in [0.15, 0.2) is 0 Å². The molecule has 0 aliphatic carbocycles. The number of benzene rings is 2. The molecule has 3 N–H and O–H groups in total. The maximum absolute atomic E-state index is 12.2. The fourth-order valence-corrected chi connectivity index (χ4v) is 3.27. The van der Waals surface area contributed by atoms with Crippen molar-refractivity contribution in [3.8, 4) is 17.4 Å². The number of sulfonamides is 1. The van der Waals surface area contributed by atoms with Crippen molar-refractivity contribution in [2.24, 2.45) is 5.14 Å². The highest BCUT2D eigenvalue weighted by Crippen LogP contribution is 2.23. The van der Waals surface area contributed by atoms with Gasteiger partial charge in [0.25, 0.3) is 0 Å². The highest BCUT2D eigenvalue weighted by molar-refractivity contribution is 7.89. The Morgan fingerprint density at radius 3 is 2.32 bits per heavy atom. The van der Waals surface area contributed by atoms with Crippen LogP contribution in [0.15, 0.2) is 71.8 Å². The summed E-state index contributed by atoms with van der Waals surface area (Å²) in [6.07, 6.45) is 1.73. The van der Waals surface area contributed by atoms with Gasteiger partial charge in [-0.1, -0.05) is 12.1 Å². The molecule has 0 aliphatic rings. The lowest BCUT2D eigenvalue weighted by Crippen LogP contribution is -2.24. The standard InChI is InChI=1S/C22H23N3O5S/c1-2-29-18-5-7-19(8-6-18)30-22-14-17(11-12-24-22)15-25-21(26)13-16-3-9-20(10-4-16)31(23,27)28/h3-12,14H,2,13,15H2,1H3,(H,25,26)(H2,23,27,28). The Morgan fingerprint density at radius 2 is 1.68 bits per heavy atom. The number of aromatic nitrogens is 1. The Hall–Kier alpha value is -3.43. The van der Waals surface area contributed by atoms with Crippen molar-refractivity contribution in [2.75, 3.05) is 6.61 Å². The van der Waals surface area contributed by atoms with E-state index in [-0.39, 0.29) is 17.2 Å². The number of nitrogens with zero attached hydrogens (tertiary/aromatic N) is 1. The minimum absolute atomic E-state index is 0.00787. The van der Waals surface area contributed by atoms with Crippen molar-refractivity contribution in [1.29, 1.82) is 0 Å². The smallest absolute Gasteiger partial charge is 0.238 e. The minimum atomic E-state index is -3.75. The molecular formula is C22H23N3O5S. The number of rotatable bonds is 9. The van der Waals surface area contributed by atoms with Crippen LogP contribution in [0.4, 0.5) is 0 Å². The van der Waals surface area contributed by atoms with Crippen LogP contribution in [-0.4, -0.2) is 25.9 Å². The van der Waals surface area contributed by atoms with Gasteiger partial charge >= 0.3 is 0 Å². The molecule has 0 fully saturated rings. The number of pyridine rings is 1. The molecule has 2 aromatic carbocycles. The highest BCUT2D eigenvalue weighted by Gasteiger charge is 2.09. The van der Waals surface area contributed by atoms with E-state index in [0.29, 0.717) is 30.3 Å². The highest BCUT2D eigenvalue weighted by atomic mass is 32.2. The van der Waals surface area contributed by atoms with E-state index in [1.54, 1.807) is 42.6 Å². The van der Waals surface area contributed by atoms with Gasteiger partial charge in [0, 0.05) is 18.8 Å². The molecule has 0 bridgehead atoms. The lowest BCUT2D eigenvalue weighted by Gasteiger charge is -2.09. The van der Waals surface area contributed by atoms with Gasteiger partial charge < -0.3 is 14.8 Å². The maximum atomic E-state index is 12.2. The number of nitrogens with two attached hydrogens (primary N) is 1. The lowest BCUT2D eigenvalue weighted by molar-refractivity contribution is -0.120. The topological polar surface area (TPSA) is 121 Å². The summed E-state index contributed by atoms with van der Waals surface area (Å²) in [5.41, 5.74) is 1.51. The second-order valence-electron chi connectivity index (χ2n) is 6.65. The molecule has 0 atom stereocenters. The molecule has 9 heteroatoms. The number of nitrogens with one attached hydrogen (secondary N) is 1. The third-order valence-electron chi connectivity index (χ3n) is 4.26. The number of amides is 1. The van der Waals surface area contributed by atoms with E-state index in [1.165, 1.54) is 12.1 Å². The Labute approximate surface area is 181 Å². The first-order valence-electron chi connectivity index (χ1n) is 9.57. The van der Waals surface area contributed by atoms with Crippen molar-refractivity contribution >= 4 is 15.9 Å². The van der Waals surface area contributed by atoms with Gasteiger partial charge in [0.1, 0.15) is 11.5 Å². The number of carbonyl (C=O) groups excluding carboxylic acids is 1. The largest absolute Gasteiger partial charge is 0.494 e. The molecule has 1 heterocycles. The van der Waals surface area contributed by atoms with E-state index >= 15 is 0 Å². The van der Waals surface area contributed by atoms with Crippen LogP contribution in [0.5, 0.6) is 17.4 Å². The van der Waals surface area contributed by atoms with Gasteiger partial charge in [-0.15, -0.1) is 0 Å². The summed E-state index contributed by atoms with van der Waals surface area (Å²) in [7, 11) is -3.75. The van der Waals surface area contributed by atoms with Gasteiger partial charge in [0.2, 0.25) is 21.8 Å². The normalized spacial score (nSPS) is 11.0. The molecule has 0 unspecified atom stereocenters. The number of hydrogen-bond acceptors (Lipinski definition) is 6. The van der Waals surface area contributed by atoms with Crippen LogP contribution in [-0.2, 0) is 27.8 Å². The number of hydrogen-bond donors (Lipinski definition) is 2. The summed E-state index contributed by atoms with van der Waals surface area (Å²) >= 11 is 0. The summed E-state index contributed by atoms with van der Waals surface area (Å²) < 4.78 is 33.7. The molecule has 0 spiro atoms. The average molecular weight is 442 g/mol. The minimum Gasteiger partial charge on any atom is -0.494 e. The molecule has 0 aliphatic heterocycles. The molecule has 0 saturated carbocycles. The summed E-state index contributed by atoms with van der Waals surface area (Å²) in [4.78, 5) is 16.4. The van der Waals surface area contributed by atoms with Gasteiger partial charge in [-0.3, -0.25) is 4.79 Å². The second-order valence-corrected chi connectivity index (χ2v) is 8.21. The SMILES string of the molecule is CCOc1ccc(Oc2cc(CNC(=O)Cc3ccc(S(N)(=O)=O)cc3)ccn2)cc1. The monoisotopic (exact) mass is 441 g/mol. The van der Waals surface area contributed by atoms with Crippen LogP contribution in [0, 0.1) is 0 Å². The van der Waals surface area contributed by atoms with Crippen LogP contribution in [0.1, 0.15) is 18.1 Å². The predicted molar refractivity (Wildman–Crippen MR) is 115 cm³/mol. The first kappa shape index (κ1) is 22.3. The van der Waals surface area contributed by atoms with E-state index < -0.39 is 10.0 Å². The molecule has 1 aromatic heterocycles. The van der Waals surface area contributed by atoms with Gasteiger partial charge in [-0.25, -0.2) is 18.5 Å². The first-order valence-corrected chi connectivity index (χ1v) is 11.1. The summed E-state index contributed by atoms with van der Waals surface area (Å²) in [6.45, 7) is 2.81. The fourth-order valence-electron chi connectivity index (χ4n) is 2.75. The molecule has 3 rings (SSSR count). The van der Waals surface area contributed by atoms with E-state index in [9.17, 15) is 13.2 Å². The van der Waals surface area contributed by atoms with E-state index in [0.717, 1.165) is 11.3 Å². The van der Waals surface area contributed by atoms with E-state index in [2.05, 4.69) is 10.3 Å².